The number of nitrogens with zero attached hydrogens (tertiary/aromatic N) is 1. The molecule has 0 bridgehead atoms. The molecule has 0 fully saturated rings. The van der Waals surface area contributed by atoms with E-state index in [4.69, 9.17) is 0 Å². The van der Waals surface area contributed by atoms with E-state index in [0.29, 0.717) is 17.1 Å². The third-order valence-corrected chi connectivity index (χ3v) is 10.4. The quantitative estimate of drug-likeness (QED) is 0.148. The molecule has 0 saturated carbocycles. The minimum atomic E-state index is -4.76. The van der Waals surface area contributed by atoms with E-state index in [2.05, 4.69) is 15.6 Å². The van der Waals surface area contributed by atoms with Gasteiger partial charge in [-0.05, 0) is 95.1 Å². The molecule has 1 aliphatic rings. The van der Waals surface area contributed by atoms with Gasteiger partial charge in [-0.2, -0.15) is 0 Å². The summed E-state index contributed by atoms with van der Waals surface area (Å²) in [5.74, 6) is 0. The Hall–Kier alpha value is -3.68. The van der Waals surface area contributed by atoms with E-state index in [1.54, 1.807) is 91.0 Å². The zero-order chi connectivity index (χ0) is 37.1. The van der Waals surface area contributed by atoms with Crippen LogP contribution in [-0.2, 0) is 30.4 Å². The molecule has 12 nitrogen and oxygen atoms in total. The summed E-state index contributed by atoms with van der Waals surface area (Å²) in [7, 11) is -14.2. The monoisotopic (exact) mass is 798 g/mol. The Morgan fingerprint density at radius 2 is 0.833 bits per heavy atom. The van der Waals surface area contributed by atoms with Gasteiger partial charge in [0.2, 0.25) is 0 Å². The van der Waals surface area contributed by atoms with Crippen LogP contribution in [0.2, 0.25) is 0 Å². The third kappa shape index (κ3) is 10.5. The molecule has 1 aliphatic carbocycles. The van der Waals surface area contributed by atoms with Crippen molar-refractivity contribution in [2.45, 2.75) is 14.7 Å². The third-order valence-electron chi connectivity index (χ3n) is 7.76. The van der Waals surface area contributed by atoms with Crippen LogP contribution in [0.1, 0.15) is 11.1 Å². The van der Waals surface area contributed by atoms with Gasteiger partial charge in [-0.25, -0.2) is 30.2 Å². The maximum absolute atomic E-state index is 11.8. The predicted octanol–water partition coefficient (Wildman–Crippen LogP) is 0.595. The molecule has 5 aromatic carbocycles. The molecule has 2 N–H and O–H groups in total. The first-order valence-electron chi connectivity index (χ1n) is 15.3. The van der Waals surface area contributed by atoms with E-state index < -0.39 is 45.0 Å². The summed E-state index contributed by atoms with van der Waals surface area (Å²) in [5, 5.41) is 5.95. The van der Waals surface area contributed by atoms with Gasteiger partial charge in [-0.3, -0.25) is 0 Å². The molecule has 0 aromatic heterocycles. The molecule has 0 saturated heterocycles. The first kappa shape index (κ1) is 43.1. The molecule has 54 heavy (non-hydrogen) atoms. The van der Waals surface area contributed by atoms with Gasteiger partial charge in [0.15, 0.2) is 0 Å². The molecule has 6 rings (SSSR count). The van der Waals surface area contributed by atoms with Crippen LogP contribution in [0.3, 0.4) is 0 Å². The Morgan fingerprint density at radius 3 is 1.24 bits per heavy atom. The number of nitrogens with one attached hydrogen (secondary N) is 2. The number of hydrogen-bond acceptors (Lipinski definition) is 12. The summed E-state index contributed by atoms with van der Waals surface area (Å²) < 4.78 is 106. The molecular weight excluding hydrogens is 773 g/mol. The van der Waals surface area contributed by atoms with E-state index in [0.717, 1.165) is 22.3 Å². The van der Waals surface area contributed by atoms with Crippen molar-refractivity contribution in [1.29, 1.82) is 0 Å². The maximum atomic E-state index is 11.8. The van der Waals surface area contributed by atoms with Crippen LogP contribution in [0.25, 0.3) is 5.57 Å². The number of allylic oxidation sites excluding steroid dienone is 5. The fraction of sp³-hybridized carbons (Fsp3) is 0. The van der Waals surface area contributed by atoms with E-state index in [9.17, 15) is 38.9 Å². The van der Waals surface area contributed by atoms with Crippen LogP contribution >= 0.6 is 0 Å². The van der Waals surface area contributed by atoms with Crippen molar-refractivity contribution in [3.63, 3.8) is 0 Å². The summed E-state index contributed by atoms with van der Waals surface area (Å²) in [6.07, 6.45) is 6.86. The Bertz CT molecular complexity index is 2500. The van der Waals surface area contributed by atoms with Crippen LogP contribution in [0.5, 0.6) is 0 Å². The van der Waals surface area contributed by atoms with Crippen LogP contribution in [-0.4, -0.2) is 44.6 Å². The minimum Gasteiger partial charge on any atom is -0.744 e. The van der Waals surface area contributed by atoms with Gasteiger partial charge in [0.25, 0.3) is 0 Å². The number of rotatable bonds is 10. The zero-order valence-corrected chi connectivity index (χ0v) is 35.2. The zero-order valence-electron chi connectivity index (χ0n) is 28.7. The smallest absolute Gasteiger partial charge is 0.744 e. The molecule has 0 amide bonds. The summed E-state index contributed by atoms with van der Waals surface area (Å²) in [5.41, 5.74) is 4.55. The molecule has 264 valence electrons. The fourth-order valence-electron chi connectivity index (χ4n) is 5.43. The van der Waals surface area contributed by atoms with Gasteiger partial charge in [0, 0.05) is 11.4 Å². The Balaban J connectivity index is 0.00000325. The topological polar surface area (TPSA) is 208 Å². The summed E-state index contributed by atoms with van der Waals surface area (Å²) in [4.78, 5) is 3.14. The average Bonchev–Trinajstić information content (AvgIpc) is 3.10. The van der Waals surface area contributed by atoms with Crippen molar-refractivity contribution in [3.8, 4) is 0 Å². The Labute approximate surface area is 357 Å². The van der Waals surface area contributed by atoms with Crippen molar-refractivity contribution in [1.82, 2.24) is 0 Å². The molecule has 17 heteroatoms. The first-order chi connectivity index (χ1) is 24.7. The molecule has 0 radical (unpaired) electrons. The summed E-state index contributed by atoms with van der Waals surface area (Å²) >= 11 is 0. The van der Waals surface area contributed by atoms with Gasteiger partial charge in [0.1, 0.15) is 30.4 Å². The predicted molar refractivity (Wildman–Crippen MR) is 194 cm³/mol. The summed E-state index contributed by atoms with van der Waals surface area (Å²) in [6, 6.07) is 31.1. The van der Waals surface area contributed by atoms with Gasteiger partial charge in [0.05, 0.1) is 37.5 Å². The molecule has 0 atom stereocenters. The molecular formula is C37H26N3Na2O9S3-. The van der Waals surface area contributed by atoms with Crippen molar-refractivity contribution in [2.75, 3.05) is 10.6 Å². The Morgan fingerprint density at radius 1 is 0.463 bits per heavy atom. The van der Waals surface area contributed by atoms with E-state index in [1.165, 1.54) is 54.6 Å². The minimum absolute atomic E-state index is 0. The maximum Gasteiger partial charge on any atom is 1.00 e. The second-order valence-corrected chi connectivity index (χ2v) is 15.3. The first-order valence-corrected chi connectivity index (χ1v) is 19.5. The van der Waals surface area contributed by atoms with Crippen molar-refractivity contribution in [2.24, 2.45) is 4.99 Å². The summed E-state index contributed by atoms with van der Waals surface area (Å²) in [6.45, 7) is 0. The number of aliphatic imine (C=N–C) groups is 1. The number of hydrogen-bond donors (Lipinski definition) is 2. The molecule has 0 unspecified atom stereocenters. The molecule has 0 heterocycles. The van der Waals surface area contributed by atoms with E-state index in [-0.39, 0.29) is 76.2 Å². The van der Waals surface area contributed by atoms with Crippen molar-refractivity contribution in [3.05, 3.63) is 162 Å². The average molecular weight is 799 g/mol. The van der Waals surface area contributed by atoms with E-state index >= 15 is 0 Å². The van der Waals surface area contributed by atoms with Gasteiger partial charge < -0.3 is 24.3 Å². The fourth-order valence-corrected chi connectivity index (χ4v) is 7.31. The standard InChI is InChI=1S/C37H29N3O9S3.2Na/c41-50(42,43)34-10-4-1-7-31(34)38-28-19-13-25(14-20-28)37(26-15-21-29(22-16-26)39-32-8-2-5-11-35(32)51(44,45)46)27-17-23-30(24-18-27)40-33-9-3-6-12-36(33)52(47,48)49;;/h1-24,38-39H,(H,41,42,43)(H,44,45,46)(H,47,48,49);;/q;2*+1/p-3. The largest absolute Gasteiger partial charge is 1.00 e. The van der Waals surface area contributed by atoms with Gasteiger partial charge in [-0.15, -0.1) is 0 Å². The Kier molecular flexibility index (Phi) is 14.2. The second-order valence-electron chi connectivity index (χ2n) is 11.3. The van der Waals surface area contributed by atoms with Crippen LogP contribution in [0.15, 0.2) is 171 Å². The van der Waals surface area contributed by atoms with Gasteiger partial charge in [-0.1, -0.05) is 72.8 Å². The van der Waals surface area contributed by atoms with Crippen molar-refractivity contribution < 1.29 is 98.0 Å². The number of para-hydroxylation sites is 3. The molecule has 5 aromatic rings. The van der Waals surface area contributed by atoms with Crippen LogP contribution in [0.4, 0.5) is 28.4 Å². The molecule has 0 aliphatic heterocycles. The molecule has 0 spiro atoms. The number of anilines is 4. The number of benzene rings is 5. The second kappa shape index (κ2) is 17.8. The van der Waals surface area contributed by atoms with Crippen LogP contribution in [0, 0.1) is 0 Å². The normalized spacial score (nSPS) is 12.6. The SMILES string of the molecule is O=S(=O)([O-])c1ccccc1N=C1C=CC(=C(c2ccc(Nc3ccccc3S(=O)(=O)[O-])cc2)c2ccc(Nc3ccccc3S(=O)(=O)[O-])cc2)C=C1.[Na+].[Na+]. The van der Waals surface area contributed by atoms with Gasteiger partial charge >= 0.3 is 59.1 Å². The van der Waals surface area contributed by atoms with Crippen molar-refractivity contribution >= 4 is 70.1 Å². The van der Waals surface area contributed by atoms with E-state index in [1.807, 2.05) is 0 Å². The van der Waals surface area contributed by atoms with Crippen LogP contribution < -0.4 is 69.7 Å².